The molecule has 0 bridgehead atoms. The van der Waals surface area contributed by atoms with Gasteiger partial charge in [-0.15, -0.1) is 0 Å². The highest BCUT2D eigenvalue weighted by Gasteiger charge is 2.08. The number of rotatable bonds is 5. The van der Waals surface area contributed by atoms with Crippen LogP contribution in [0.3, 0.4) is 0 Å². The Hall–Kier alpha value is -2.54. The van der Waals surface area contributed by atoms with Crippen LogP contribution >= 0.6 is 0 Å². The number of nitrogens with two attached hydrogens (primary N) is 1. The van der Waals surface area contributed by atoms with E-state index in [1.165, 1.54) is 27.8 Å². The highest BCUT2D eigenvalue weighted by atomic mass is 14.6. The molecule has 0 saturated heterocycles. The van der Waals surface area contributed by atoms with E-state index in [0.29, 0.717) is 0 Å². The summed E-state index contributed by atoms with van der Waals surface area (Å²) < 4.78 is 0. The molecule has 1 nitrogen and oxygen atoms in total. The topological polar surface area (TPSA) is 26.0 Å². The van der Waals surface area contributed by atoms with Gasteiger partial charge in [-0.05, 0) is 47.1 Å². The van der Waals surface area contributed by atoms with Crippen molar-refractivity contribution in [3.63, 3.8) is 0 Å². The van der Waals surface area contributed by atoms with E-state index in [-0.39, 0.29) is 0 Å². The second kappa shape index (κ2) is 7.15. The lowest BCUT2D eigenvalue weighted by Crippen LogP contribution is -2.03. The Balaban J connectivity index is 1.93. The fraction of sp³-hybridized carbons (Fsp3) is 0.182. The van der Waals surface area contributed by atoms with E-state index >= 15 is 0 Å². The van der Waals surface area contributed by atoms with Crippen molar-refractivity contribution in [2.24, 2.45) is 0 Å². The molecular formula is C22H23N. The SMILES string of the molecule is CCc1cc(Cc2ccccc2)cc(Cc2ccccc2)c1N. The standard InChI is InChI=1S/C22H23N/c1-2-20-15-19(13-17-9-5-3-6-10-17)16-21(22(20)23)14-18-11-7-4-8-12-18/h3-12,15-16H,2,13-14,23H2,1H3. The summed E-state index contributed by atoms with van der Waals surface area (Å²) >= 11 is 0. The third-order valence-electron chi connectivity index (χ3n) is 4.28. The van der Waals surface area contributed by atoms with Crippen molar-refractivity contribution in [3.8, 4) is 0 Å². The number of benzene rings is 3. The first-order chi connectivity index (χ1) is 11.3. The minimum Gasteiger partial charge on any atom is -0.398 e. The Kier molecular flexibility index (Phi) is 4.77. The van der Waals surface area contributed by atoms with Gasteiger partial charge in [0.2, 0.25) is 0 Å². The Morgan fingerprint density at radius 3 is 1.74 bits per heavy atom. The van der Waals surface area contributed by atoms with Gasteiger partial charge in [0.25, 0.3) is 0 Å². The van der Waals surface area contributed by atoms with Gasteiger partial charge in [0, 0.05) is 5.69 Å². The lowest BCUT2D eigenvalue weighted by Gasteiger charge is -2.14. The van der Waals surface area contributed by atoms with Crippen LogP contribution < -0.4 is 5.73 Å². The number of hydrogen-bond acceptors (Lipinski definition) is 1. The molecule has 1 heteroatoms. The van der Waals surface area contributed by atoms with Crippen LogP contribution in [0.25, 0.3) is 0 Å². The van der Waals surface area contributed by atoms with Gasteiger partial charge in [0.05, 0.1) is 0 Å². The van der Waals surface area contributed by atoms with Crippen LogP contribution in [0.4, 0.5) is 5.69 Å². The van der Waals surface area contributed by atoms with E-state index in [1.54, 1.807) is 0 Å². The molecule has 0 spiro atoms. The van der Waals surface area contributed by atoms with Crippen molar-refractivity contribution >= 4 is 5.69 Å². The molecule has 2 N–H and O–H groups in total. The molecule has 0 radical (unpaired) electrons. The predicted molar refractivity (Wildman–Crippen MR) is 98.7 cm³/mol. The maximum Gasteiger partial charge on any atom is 0.0382 e. The molecule has 0 aliphatic rings. The maximum atomic E-state index is 6.40. The van der Waals surface area contributed by atoms with Crippen molar-refractivity contribution in [1.82, 2.24) is 0 Å². The molecule has 0 atom stereocenters. The Morgan fingerprint density at radius 1 is 0.652 bits per heavy atom. The first-order valence-electron chi connectivity index (χ1n) is 8.24. The smallest absolute Gasteiger partial charge is 0.0382 e. The molecule has 3 aromatic rings. The minimum absolute atomic E-state index is 0.891. The fourth-order valence-corrected chi connectivity index (χ4v) is 3.04. The molecule has 0 unspecified atom stereocenters. The minimum atomic E-state index is 0.891. The van der Waals surface area contributed by atoms with Gasteiger partial charge in [-0.3, -0.25) is 0 Å². The van der Waals surface area contributed by atoms with E-state index in [2.05, 4.69) is 79.7 Å². The summed E-state index contributed by atoms with van der Waals surface area (Å²) in [5.41, 5.74) is 13.8. The summed E-state index contributed by atoms with van der Waals surface area (Å²) in [4.78, 5) is 0. The van der Waals surface area contributed by atoms with E-state index in [1.807, 2.05) is 0 Å². The molecule has 0 aliphatic heterocycles. The lowest BCUT2D eigenvalue weighted by atomic mass is 9.94. The van der Waals surface area contributed by atoms with Gasteiger partial charge < -0.3 is 5.73 Å². The molecule has 0 amide bonds. The monoisotopic (exact) mass is 301 g/mol. The van der Waals surface area contributed by atoms with Crippen LogP contribution in [0.1, 0.15) is 34.7 Å². The van der Waals surface area contributed by atoms with E-state index in [9.17, 15) is 0 Å². The summed E-state index contributed by atoms with van der Waals surface area (Å²) in [6.07, 6.45) is 2.81. The summed E-state index contributed by atoms with van der Waals surface area (Å²) in [7, 11) is 0. The molecule has 0 aromatic heterocycles. The first kappa shape index (κ1) is 15.4. The van der Waals surface area contributed by atoms with E-state index in [0.717, 1.165) is 24.9 Å². The third-order valence-corrected chi connectivity index (χ3v) is 4.28. The zero-order valence-electron chi connectivity index (χ0n) is 13.6. The Bertz CT molecular complexity index is 761. The van der Waals surface area contributed by atoms with Crippen LogP contribution in [0.15, 0.2) is 72.8 Å². The van der Waals surface area contributed by atoms with Crippen molar-refractivity contribution in [3.05, 3.63) is 101 Å². The average Bonchev–Trinajstić information content (AvgIpc) is 2.59. The van der Waals surface area contributed by atoms with Gasteiger partial charge in [0.15, 0.2) is 0 Å². The third kappa shape index (κ3) is 3.81. The van der Waals surface area contributed by atoms with Crippen molar-refractivity contribution < 1.29 is 0 Å². The molecule has 0 fully saturated rings. The van der Waals surface area contributed by atoms with E-state index < -0.39 is 0 Å². The quantitative estimate of drug-likeness (QED) is 0.658. The molecule has 0 saturated carbocycles. The van der Waals surface area contributed by atoms with Crippen LogP contribution in [0, 0.1) is 0 Å². The average molecular weight is 301 g/mol. The predicted octanol–water partition coefficient (Wildman–Crippen LogP) is 5.01. The molecule has 3 aromatic carbocycles. The second-order valence-electron chi connectivity index (χ2n) is 6.01. The molecule has 116 valence electrons. The van der Waals surface area contributed by atoms with Crippen LogP contribution in [0.2, 0.25) is 0 Å². The van der Waals surface area contributed by atoms with Gasteiger partial charge in [0.1, 0.15) is 0 Å². The van der Waals surface area contributed by atoms with Gasteiger partial charge in [-0.2, -0.15) is 0 Å². The maximum absolute atomic E-state index is 6.40. The highest BCUT2D eigenvalue weighted by molar-refractivity contribution is 5.57. The van der Waals surface area contributed by atoms with Gasteiger partial charge in [-0.1, -0.05) is 79.7 Å². The molecule has 0 aliphatic carbocycles. The van der Waals surface area contributed by atoms with Gasteiger partial charge in [-0.25, -0.2) is 0 Å². The summed E-state index contributed by atoms with van der Waals surface area (Å²) in [5.74, 6) is 0. The Morgan fingerprint density at radius 2 is 1.17 bits per heavy atom. The molecule has 0 heterocycles. The molecular weight excluding hydrogens is 278 g/mol. The molecule has 3 rings (SSSR count). The largest absolute Gasteiger partial charge is 0.398 e. The van der Waals surface area contributed by atoms with Crippen LogP contribution in [0.5, 0.6) is 0 Å². The van der Waals surface area contributed by atoms with E-state index in [4.69, 9.17) is 5.73 Å². The number of hydrogen-bond donors (Lipinski definition) is 1. The van der Waals surface area contributed by atoms with Crippen LogP contribution in [-0.2, 0) is 19.3 Å². The first-order valence-corrected chi connectivity index (χ1v) is 8.24. The normalized spacial score (nSPS) is 10.7. The lowest BCUT2D eigenvalue weighted by molar-refractivity contribution is 1.08. The number of anilines is 1. The highest BCUT2D eigenvalue weighted by Crippen LogP contribution is 2.25. The van der Waals surface area contributed by atoms with Crippen LogP contribution in [-0.4, -0.2) is 0 Å². The number of nitrogen functional groups attached to an aromatic ring is 1. The van der Waals surface area contributed by atoms with Crippen molar-refractivity contribution in [2.75, 3.05) is 5.73 Å². The zero-order valence-corrected chi connectivity index (χ0v) is 13.6. The number of aryl methyl sites for hydroxylation is 1. The molecule has 23 heavy (non-hydrogen) atoms. The fourth-order valence-electron chi connectivity index (χ4n) is 3.04. The second-order valence-corrected chi connectivity index (χ2v) is 6.01. The van der Waals surface area contributed by atoms with Gasteiger partial charge >= 0.3 is 0 Å². The van der Waals surface area contributed by atoms with Crippen molar-refractivity contribution in [1.29, 1.82) is 0 Å². The summed E-state index contributed by atoms with van der Waals surface area (Å²) in [6.45, 7) is 2.17. The Labute approximate surface area is 138 Å². The van der Waals surface area contributed by atoms with Crippen molar-refractivity contribution in [2.45, 2.75) is 26.2 Å². The zero-order chi connectivity index (χ0) is 16.1. The summed E-state index contributed by atoms with van der Waals surface area (Å²) in [5, 5.41) is 0. The summed E-state index contributed by atoms with van der Waals surface area (Å²) in [6, 6.07) is 25.7.